The highest BCUT2D eigenvalue weighted by Gasteiger charge is 2.15. The SMILES string of the molecule is CCCCCOC(C)c1ccc(C(=O)OC)o1. The molecule has 1 atom stereocenters. The molecule has 0 saturated carbocycles. The fourth-order valence-corrected chi connectivity index (χ4v) is 1.48. The van der Waals surface area contributed by atoms with Gasteiger partial charge in [0.25, 0.3) is 0 Å². The van der Waals surface area contributed by atoms with Gasteiger partial charge < -0.3 is 13.9 Å². The molecule has 0 aliphatic rings. The second-order valence-electron chi connectivity index (χ2n) is 3.91. The van der Waals surface area contributed by atoms with Crippen LogP contribution in [0.2, 0.25) is 0 Å². The lowest BCUT2D eigenvalue weighted by atomic mass is 10.2. The van der Waals surface area contributed by atoms with Gasteiger partial charge in [-0.2, -0.15) is 0 Å². The average molecular weight is 240 g/mol. The van der Waals surface area contributed by atoms with E-state index in [0.717, 1.165) is 12.8 Å². The highest BCUT2D eigenvalue weighted by Crippen LogP contribution is 2.20. The summed E-state index contributed by atoms with van der Waals surface area (Å²) in [5.74, 6) is 0.405. The minimum Gasteiger partial charge on any atom is -0.463 e. The number of unbranched alkanes of at least 4 members (excludes halogenated alkanes) is 2. The Hall–Kier alpha value is -1.29. The van der Waals surface area contributed by atoms with Gasteiger partial charge in [-0.15, -0.1) is 0 Å². The first-order chi connectivity index (χ1) is 8.19. The molecule has 0 saturated heterocycles. The Labute approximate surface area is 102 Å². The molecule has 4 nitrogen and oxygen atoms in total. The van der Waals surface area contributed by atoms with Crippen LogP contribution in [0.3, 0.4) is 0 Å². The van der Waals surface area contributed by atoms with E-state index in [1.165, 1.54) is 13.5 Å². The molecule has 4 heteroatoms. The second kappa shape index (κ2) is 7.12. The summed E-state index contributed by atoms with van der Waals surface area (Å²) < 4.78 is 15.5. The van der Waals surface area contributed by atoms with Crippen molar-refractivity contribution in [3.63, 3.8) is 0 Å². The molecule has 1 heterocycles. The molecule has 0 aliphatic heterocycles. The van der Waals surface area contributed by atoms with Crippen molar-refractivity contribution in [2.24, 2.45) is 0 Å². The standard InChI is InChI=1S/C13H20O4/c1-4-5-6-9-16-10(2)11-7-8-12(17-11)13(14)15-3/h7-8,10H,4-6,9H2,1-3H3. The molecular formula is C13H20O4. The summed E-state index contributed by atoms with van der Waals surface area (Å²) in [6, 6.07) is 3.35. The summed E-state index contributed by atoms with van der Waals surface area (Å²) in [6.07, 6.45) is 3.25. The topological polar surface area (TPSA) is 48.7 Å². The van der Waals surface area contributed by atoms with E-state index >= 15 is 0 Å². The largest absolute Gasteiger partial charge is 0.463 e. The lowest BCUT2D eigenvalue weighted by Crippen LogP contribution is -2.01. The molecule has 0 N–H and O–H groups in total. The zero-order valence-electron chi connectivity index (χ0n) is 10.7. The number of rotatable bonds is 7. The van der Waals surface area contributed by atoms with Crippen molar-refractivity contribution < 1.29 is 18.7 Å². The van der Waals surface area contributed by atoms with E-state index in [4.69, 9.17) is 9.15 Å². The Balaban J connectivity index is 2.43. The van der Waals surface area contributed by atoms with Gasteiger partial charge in [-0.05, 0) is 25.5 Å². The van der Waals surface area contributed by atoms with Gasteiger partial charge in [0.15, 0.2) is 0 Å². The van der Waals surface area contributed by atoms with E-state index < -0.39 is 5.97 Å². The van der Waals surface area contributed by atoms with Gasteiger partial charge >= 0.3 is 5.97 Å². The molecule has 0 aromatic carbocycles. The molecule has 1 rings (SSSR count). The van der Waals surface area contributed by atoms with Crippen molar-refractivity contribution in [1.82, 2.24) is 0 Å². The fourth-order valence-electron chi connectivity index (χ4n) is 1.48. The van der Waals surface area contributed by atoms with Gasteiger partial charge in [0.1, 0.15) is 11.9 Å². The van der Waals surface area contributed by atoms with Gasteiger partial charge in [0, 0.05) is 6.61 Å². The van der Waals surface area contributed by atoms with Crippen LogP contribution in [-0.4, -0.2) is 19.7 Å². The highest BCUT2D eigenvalue weighted by atomic mass is 16.5. The number of methoxy groups -OCH3 is 1. The first-order valence-electron chi connectivity index (χ1n) is 5.98. The minimum absolute atomic E-state index is 0.134. The number of furan rings is 1. The Morgan fingerprint density at radius 3 is 2.82 bits per heavy atom. The van der Waals surface area contributed by atoms with Crippen LogP contribution in [0.25, 0.3) is 0 Å². The maximum absolute atomic E-state index is 11.2. The molecule has 0 amide bonds. The lowest BCUT2D eigenvalue weighted by Gasteiger charge is -2.09. The quantitative estimate of drug-likeness (QED) is 0.541. The van der Waals surface area contributed by atoms with Crippen molar-refractivity contribution >= 4 is 5.97 Å². The zero-order valence-corrected chi connectivity index (χ0v) is 10.7. The first-order valence-corrected chi connectivity index (χ1v) is 5.98. The molecule has 1 aromatic heterocycles. The second-order valence-corrected chi connectivity index (χ2v) is 3.91. The normalized spacial score (nSPS) is 12.4. The van der Waals surface area contributed by atoms with Crippen LogP contribution < -0.4 is 0 Å². The van der Waals surface area contributed by atoms with Gasteiger partial charge in [0.05, 0.1) is 7.11 Å². The summed E-state index contributed by atoms with van der Waals surface area (Å²) in [7, 11) is 1.33. The van der Waals surface area contributed by atoms with Crippen molar-refractivity contribution in [2.75, 3.05) is 13.7 Å². The summed E-state index contributed by atoms with van der Waals surface area (Å²) in [5.41, 5.74) is 0. The van der Waals surface area contributed by atoms with Gasteiger partial charge in [-0.1, -0.05) is 19.8 Å². The van der Waals surface area contributed by atoms with Crippen LogP contribution in [0.1, 0.15) is 55.5 Å². The average Bonchev–Trinajstić information content (AvgIpc) is 2.83. The van der Waals surface area contributed by atoms with Crippen LogP contribution in [0.15, 0.2) is 16.5 Å². The summed E-state index contributed by atoms with van der Waals surface area (Å²) in [6.45, 7) is 4.77. The third-order valence-electron chi connectivity index (χ3n) is 2.53. The maximum Gasteiger partial charge on any atom is 0.373 e. The fraction of sp³-hybridized carbons (Fsp3) is 0.615. The van der Waals surface area contributed by atoms with Crippen molar-refractivity contribution in [3.05, 3.63) is 23.7 Å². The summed E-state index contributed by atoms with van der Waals surface area (Å²) in [5, 5.41) is 0. The van der Waals surface area contributed by atoms with Crippen LogP contribution in [0.5, 0.6) is 0 Å². The van der Waals surface area contributed by atoms with Crippen molar-refractivity contribution in [1.29, 1.82) is 0 Å². The predicted molar refractivity (Wildman–Crippen MR) is 63.9 cm³/mol. The van der Waals surface area contributed by atoms with Crippen molar-refractivity contribution in [2.45, 2.75) is 39.2 Å². The van der Waals surface area contributed by atoms with E-state index in [-0.39, 0.29) is 11.9 Å². The third-order valence-corrected chi connectivity index (χ3v) is 2.53. The van der Waals surface area contributed by atoms with Crippen LogP contribution in [0, 0.1) is 0 Å². The zero-order chi connectivity index (χ0) is 12.7. The molecule has 17 heavy (non-hydrogen) atoms. The highest BCUT2D eigenvalue weighted by molar-refractivity contribution is 5.86. The Morgan fingerprint density at radius 2 is 2.18 bits per heavy atom. The summed E-state index contributed by atoms with van der Waals surface area (Å²) in [4.78, 5) is 11.2. The third kappa shape index (κ3) is 4.23. The number of carbonyl (C=O) groups is 1. The molecule has 0 bridgehead atoms. The number of carbonyl (C=O) groups excluding carboxylic acids is 1. The van der Waals surface area contributed by atoms with E-state index in [1.807, 2.05) is 6.92 Å². The number of hydrogen-bond acceptors (Lipinski definition) is 4. The van der Waals surface area contributed by atoms with Crippen LogP contribution >= 0.6 is 0 Å². The Morgan fingerprint density at radius 1 is 1.41 bits per heavy atom. The molecule has 0 spiro atoms. The van der Waals surface area contributed by atoms with Crippen molar-refractivity contribution in [3.8, 4) is 0 Å². The van der Waals surface area contributed by atoms with Crippen LogP contribution in [-0.2, 0) is 9.47 Å². The number of ether oxygens (including phenoxy) is 2. The van der Waals surface area contributed by atoms with E-state index in [0.29, 0.717) is 12.4 Å². The summed E-state index contributed by atoms with van der Waals surface area (Å²) >= 11 is 0. The first kappa shape index (κ1) is 13.8. The van der Waals surface area contributed by atoms with E-state index in [2.05, 4.69) is 11.7 Å². The number of hydrogen-bond donors (Lipinski definition) is 0. The van der Waals surface area contributed by atoms with Gasteiger partial charge in [-0.3, -0.25) is 0 Å². The lowest BCUT2D eigenvalue weighted by molar-refractivity contribution is 0.0432. The monoisotopic (exact) mass is 240 g/mol. The smallest absolute Gasteiger partial charge is 0.373 e. The predicted octanol–water partition coefficient (Wildman–Crippen LogP) is 3.33. The Kier molecular flexibility index (Phi) is 5.77. The van der Waals surface area contributed by atoms with Crippen LogP contribution in [0.4, 0.5) is 0 Å². The van der Waals surface area contributed by atoms with Gasteiger partial charge in [0.2, 0.25) is 5.76 Å². The molecule has 0 radical (unpaired) electrons. The molecule has 0 aliphatic carbocycles. The molecule has 0 fully saturated rings. The molecule has 96 valence electrons. The minimum atomic E-state index is -0.463. The Bertz CT molecular complexity index is 343. The van der Waals surface area contributed by atoms with E-state index in [9.17, 15) is 4.79 Å². The molecular weight excluding hydrogens is 220 g/mol. The molecule has 1 aromatic rings. The maximum atomic E-state index is 11.2. The number of esters is 1. The molecule has 1 unspecified atom stereocenters. The van der Waals surface area contributed by atoms with Gasteiger partial charge in [-0.25, -0.2) is 4.79 Å². The van der Waals surface area contributed by atoms with E-state index in [1.54, 1.807) is 12.1 Å².